The maximum absolute atomic E-state index is 13.9. The van der Waals surface area contributed by atoms with Crippen LogP contribution in [0.15, 0.2) is 40.9 Å². The lowest BCUT2D eigenvalue weighted by Gasteiger charge is -2.33. The molecular formula is C17H14ClFN4O3S2. The molecule has 0 saturated carbocycles. The molecular weight excluding hydrogens is 427 g/mol. The Hall–Kier alpha value is -2.14. The summed E-state index contributed by atoms with van der Waals surface area (Å²) in [6, 6.07) is 5.36. The number of hydrogen-bond donors (Lipinski definition) is 0. The van der Waals surface area contributed by atoms with Crippen molar-refractivity contribution in [1.29, 1.82) is 0 Å². The highest BCUT2D eigenvalue weighted by atomic mass is 35.5. The molecule has 146 valence electrons. The standard InChI is InChI=1S/C17H14ClFN4O3S2/c18-14-1-2-15(27-14)28(25,26)23-7-5-22(6-8-23)17(24)12-9-11(19)10-13-16(12)21-4-3-20-13/h1-4,9-10H,5-8H2. The number of nitrogens with zero attached hydrogens (tertiary/aromatic N) is 4. The molecule has 4 rings (SSSR count). The molecule has 28 heavy (non-hydrogen) atoms. The third kappa shape index (κ3) is 3.48. The summed E-state index contributed by atoms with van der Waals surface area (Å²) < 4.78 is 41.1. The second kappa shape index (κ2) is 7.36. The average molecular weight is 441 g/mol. The highest BCUT2D eigenvalue weighted by Crippen LogP contribution is 2.29. The first-order chi connectivity index (χ1) is 13.4. The van der Waals surface area contributed by atoms with E-state index in [-0.39, 0.29) is 36.0 Å². The summed E-state index contributed by atoms with van der Waals surface area (Å²) in [4.78, 5) is 22.6. The van der Waals surface area contributed by atoms with Crippen molar-refractivity contribution in [3.8, 4) is 0 Å². The number of thiophene rings is 1. The van der Waals surface area contributed by atoms with E-state index < -0.39 is 21.7 Å². The zero-order chi connectivity index (χ0) is 19.9. The van der Waals surface area contributed by atoms with Gasteiger partial charge in [-0.2, -0.15) is 4.31 Å². The van der Waals surface area contributed by atoms with Gasteiger partial charge in [0.25, 0.3) is 15.9 Å². The van der Waals surface area contributed by atoms with E-state index in [9.17, 15) is 17.6 Å². The van der Waals surface area contributed by atoms with E-state index in [1.54, 1.807) is 0 Å². The Labute approximate surface area is 169 Å². The van der Waals surface area contributed by atoms with Gasteiger partial charge < -0.3 is 4.90 Å². The molecule has 0 aliphatic carbocycles. The topological polar surface area (TPSA) is 83.5 Å². The molecule has 0 radical (unpaired) electrons. The van der Waals surface area contributed by atoms with Crippen LogP contribution < -0.4 is 0 Å². The van der Waals surface area contributed by atoms with Gasteiger partial charge in [-0.05, 0) is 18.2 Å². The molecule has 1 saturated heterocycles. The molecule has 1 fully saturated rings. The first-order valence-corrected chi connectivity index (χ1v) is 10.9. The van der Waals surface area contributed by atoms with Gasteiger partial charge in [0.1, 0.15) is 15.5 Å². The summed E-state index contributed by atoms with van der Waals surface area (Å²) >= 11 is 6.83. The van der Waals surface area contributed by atoms with Crippen LogP contribution in [0.1, 0.15) is 10.4 Å². The monoisotopic (exact) mass is 440 g/mol. The number of benzene rings is 1. The van der Waals surface area contributed by atoms with E-state index in [4.69, 9.17) is 11.6 Å². The Morgan fingerprint density at radius 2 is 1.82 bits per heavy atom. The van der Waals surface area contributed by atoms with Crippen molar-refractivity contribution in [3.05, 3.63) is 52.4 Å². The molecule has 3 aromatic rings. The molecule has 1 aliphatic rings. The first-order valence-electron chi connectivity index (χ1n) is 8.31. The zero-order valence-electron chi connectivity index (χ0n) is 14.4. The van der Waals surface area contributed by atoms with Crippen molar-refractivity contribution in [2.24, 2.45) is 0 Å². The summed E-state index contributed by atoms with van der Waals surface area (Å²) in [7, 11) is -3.65. The largest absolute Gasteiger partial charge is 0.336 e. The molecule has 1 aromatic carbocycles. The van der Waals surface area contributed by atoms with Gasteiger partial charge in [-0.1, -0.05) is 11.6 Å². The number of piperazine rings is 1. The van der Waals surface area contributed by atoms with Gasteiger partial charge in [0, 0.05) is 44.6 Å². The van der Waals surface area contributed by atoms with Crippen LogP contribution in [0.4, 0.5) is 4.39 Å². The zero-order valence-corrected chi connectivity index (χ0v) is 16.8. The normalized spacial score (nSPS) is 15.9. The molecule has 3 heterocycles. The molecule has 7 nitrogen and oxygen atoms in total. The maximum Gasteiger partial charge on any atom is 0.256 e. The molecule has 0 atom stereocenters. The minimum absolute atomic E-state index is 0.115. The number of amides is 1. The molecule has 0 unspecified atom stereocenters. The van der Waals surface area contributed by atoms with Gasteiger partial charge in [-0.3, -0.25) is 14.8 Å². The third-order valence-electron chi connectivity index (χ3n) is 4.44. The molecule has 0 N–H and O–H groups in total. The Bertz CT molecular complexity index is 1160. The average Bonchev–Trinajstić information content (AvgIpc) is 3.14. The van der Waals surface area contributed by atoms with Gasteiger partial charge >= 0.3 is 0 Å². The Morgan fingerprint density at radius 1 is 1.11 bits per heavy atom. The van der Waals surface area contributed by atoms with Crippen molar-refractivity contribution >= 4 is 49.9 Å². The maximum atomic E-state index is 13.9. The van der Waals surface area contributed by atoms with Crippen molar-refractivity contribution in [1.82, 2.24) is 19.2 Å². The van der Waals surface area contributed by atoms with Crippen LogP contribution in [0.5, 0.6) is 0 Å². The van der Waals surface area contributed by atoms with Crippen LogP contribution >= 0.6 is 22.9 Å². The molecule has 2 aromatic heterocycles. The van der Waals surface area contributed by atoms with Crippen molar-refractivity contribution in [3.63, 3.8) is 0 Å². The van der Waals surface area contributed by atoms with Crippen LogP contribution in [0.25, 0.3) is 11.0 Å². The Morgan fingerprint density at radius 3 is 2.50 bits per heavy atom. The van der Waals surface area contributed by atoms with Gasteiger partial charge in [-0.25, -0.2) is 12.8 Å². The summed E-state index contributed by atoms with van der Waals surface area (Å²) in [5, 5.41) is 0. The molecule has 0 bridgehead atoms. The van der Waals surface area contributed by atoms with Gasteiger partial charge in [0.05, 0.1) is 15.4 Å². The van der Waals surface area contributed by atoms with Crippen molar-refractivity contribution < 1.29 is 17.6 Å². The minimum Gasteiger partial charge on any atom is -0.336 e. The Kier molecular flexibility index (Phi) is 5.04. The second-order valence-electron chi connectivity index (χ2n) is 6.13. The first kappa shape index (κ1) is 19.2. The van der Waals surface area contributed by atoms with E-state index in [0.717, 1.165) is 17.4 Å². The number of fused-ring (bicyclic) bond motifs is 1. The van der Waals surface area contributed by atoms with E-state index >= 15 is 0 Å². The van der Waals surface area contributed by atoms with Crippen LogP contribution in [-0.2, 0) is 10.0 Å². The molecule has 1 amide bonds. The predicted octanol–water partition coefficient (Wildman–Crippen LogP) is 2.63. The lowest BCUT2D eigenvalue weighted by Crippen LogP contribution is -2.50. The predicted molar refractivity (Wildman–Crippen MR) is 103 cm³/mol. The third-order valence-corrected chi connectivity index (χ3v) is 8.03. The number of halogens is 2. The van der Waals surface area contributed by atoms with Gasteiger partial charge in [0.2, 0.25) is 0 Å². The smallest absolute Gasteiger partial charge is 0.256 e. The van der Waals surface area contributed by atoms with Crippen molar-refractivity contribution in [2.45, 2.75) is 4.21 Å². The van der Waals surface area contributed by atoms with E-state index in [0.29, 0.717) is 15.4 Å². The van der Waals surface area contributed by atoms with Crippen LogP contribution in [0.3, 0.4) is 0 Å². The van der Waals surface area contributed by atoms with Crippen LogP contribution in [0.2, 0.25) is 4.34 Å². The highest BCUT2D eigenvalue weighted by Gasteiger charge is 2.32. The number of carbonyl (C=O) groups is 1. The number of carbonyl (C=O) groups excluding carboxylic acids is 1. The van der Waals surface area contributed by atoms with Crippen LogP contribution in [-0.4, -0.2) is 59.7 Å². The fourth-order valence-electron chi connectivity index (χ4n) is 3.07. The second-order valence-corrected chi connectivity index (χ2v) is 10.0. The fourth-order valence-corrected chi connectivity index (χ4v) is 6.13. The number of aromatic nitrogens is 2. The lowest BCUT2D eigenvalue weighted by molar-refractivity contribution is 0.0699. The SMILES string of the molecule is O=C(c1cc(F)cc2nccnc12)N1CCN(S(=O)(=O)c2ccc(Cl)s2)CC1. The van der Waals surface area contributed by atoms with E-state index in [1.165, 1.54) is 39.8 Å². The lowest BCUT2D eigenvalue weighted by atomic mass is 10.1. The molecule has 1 aliphatic heterocycles. The fraction of sp³-hybridized carbons (Fsp3) is 0.235. The summed E-state index contributed by atoms with van der Waals surface area (Å²) in [6.07, 6.45) is 2.87. The quantitative estimate of drug-likeness (QED) is 0.625. The van der Waals surface area contributed by atoms with Crippen LogP contribution in [0, 0.1) is 5.82 Å². The van der Waals surface area contributed by atoms with E-state index in [2.05, 4.69) is 9.97 Å². The summed E-state index contributed by atoms with van der Waals surface area (Å²) in [6.45, 7) is 0.663. The number of rotatable bonds is 3. The molecule has 0 spiro atoms. The Balaban J connectivity index is 1.54. The summed E-state index contributed by atoms with van der Waals surface area (Å²) in [5.41, 5.74) is 0.725. The van der Waals surface area contributed by atoms with E-state index in [1.807, 2.05) is 0 Å². The van der Waals surface area contributed by atoms with Crippen molar-refractivity contribution in [2.75, 3.05) is 26.2 Å². The number of hydrogen-bond acceptors (Lipinski definition) is 6. The minimum atomic E-state index is -3.65. The number of sulfonamides is 1. The highest BCUT2D eigenvalue weighted by molar-refractivity contribution is 7.91. The molecule has 11 heteroatoms. The summed E-state index contributed by atoms with van der Waals surface area (Å²) in [5.74, 6) is -0.978. The van der Waals surface area contributed by atoms with Gasteiger partial charge in [0.15, 0.2) is 0 Å². The van der Waals surface area contributed by atoms with Gasteiger partial charge in [-0.15, -0.1) is 11.3 Å².